The monoisotopic (exact) mass is 233 g/mol. The molecule has 17 heavy (non-hydrogen) atoms. The van der Waals surface area contributed by atoms with Crippen LogP contribution in [-0.2, 0) is 6.42 Å². The fraction of sp³-hybridized carbons (Fsp3) is 0.600. The van der Waals surface area contributed by atoms with Crippen LogP contribution in [0.3, 0.4) is 0 Å². The van der Waals surface area contributed by atoms with Crippen LogP contribution in [0.25, 0.3) is 0 Å². The van der Waals surface area contributed by atoms with Gasteiger partial charge in [-0.15, -0.1) is 0 Å². The van der Waals surface area contributed by atoms with Gasteiger partial charge in [0.1, 0.15) is 5.76 Å². The summed E-state index contributed by atoms with van der Waals surface area (Å²) in [4.78, 5) is 0. The van der Waals surface area contributed by atoms with Gasteiger partial charge in [-0.25, -0.2) is 0 Å². The SMILES string of the molecule is CC1=CC(C)CC(CNCCc2ccco2)C1. The minimum Gasteiger partial charge on any atom is -0.469 e. The first-order valence-corrected chi connectivity index (χ1v) is 6.64. The number of furan rings is 1. The summed E-state index contributed by atoms with van der Waals surface area (Å²) >= 11 is 0. The maximum atomic E-state index is 5.31. The van der Waals surface area contributed by atoms with E-state index in [4.69, 9.17) is 4.42 Å². The molecule has 0 radical (unpaired) electrons. The third-order valence-electron chi connectivity index (χ3n) is 3.45. The van der Waals surface area contributed by atoms with E-state index in [1.165, 1.54) is 12.8 Å². The van der Waals surface area contributed by atoms with E-state index >= 15 is 0 Å². The molecule has 0 aliphatic heterocycles. The van der Waals surface area contributed by atoms with Crippen LogP contribution in [0.5, 0.6) is 0 Å². The van der Waals surface area contributed by atoms with Gasteiger partial charge in [0.15, 0.2) is 0 Å². The topological polar surface area (TPSA) is 25.2 Å². The highest BCUT2D eigenvalue weighted by Gasteiger charge is 2.17. The number of hydrogen-bond acceptors (Lipinski definition) is 2. The smallest absolute Gasteiger partial charge is 0.105 e. The Labute approximate surface area is 104 Å². The summed E-state index contributed by atoms with van der Waals surface area (Å²) in [6.45, 7) is 6.72. The average Bonchev–Trinajstić information content (AvgIpc) is 2.76. The fourth-order valence-corrected chi connectivity index (χ4v) is 2.81. The molecular weight excluding hydrogens is 210 g/mol. The van der Waals surface area contributed by atoms with Crippen LogP contribution < -0.4 is 5.32 Å². The molecule has 2 rings (SSSR count). The summed E-state index contributed by atoms with van der Waals surface area (Å²) in [7, 11) is 0. The normalized spacial score (nSPS) is 24.7. The van der Waals surface area contributed by atoms with Crippen molar-refractivity contribution >= 4 is 0 Å². The first-order valence-electron chi connectivity index (χ1n) is 6.64. The second kappa shape index (κ2) is 6.06. The Balaban J connectivity index is 1.64. The van der Waals surface area contributed by atoms with Gasteiger partial charge in [-0.1, -0.05) is 18.6 Å². The molecule has 0 saturated carbocycles. The summed E-state index contributed by atoms with van der Waals surface area (Å²) in [5, 5.41) is 3.55. The minimum atomic E-state index is 0.751. The van der Waals surface area contributed by atoms with E-state index in [0.29, 0.717) is 0 Å². The van der Waals surface area contributed by atoms with Crippen LogP contribution in [0.4, 0.5) is 0 Å². The minimum absolute atomic E-state index is 0.751. The van der Waals surface area contributed by atoms with E-state index in [0.717, 1.165) is 37.1 Å². The zero-order chi connectivity index (χ0) is 12.1. The van der Waals surface area contributed by atoms with Crippen molar-refractivity contribution in [3.05, 3.63) is 35.8 Å². The molecule has 0 amide bonds. The van der Waals surface area contributed by atoms with Crippen LogP contribution in [0.15, 0.2) is 34.5 Å². The van der Waals surface area contributed by atoms with Gasteiger partial charge >= 0.3 is 0 Å². The largest absolute Gasteiger partial charge is 0.469 e. The van der Waals surface area contributed by atoms with Crippen molar-refractivity contribution in [2.45, 2.75) is 33.1 Å². The lowest BCUT2D eigenvalue weighted by Gasteiger charge is -2.25. The van der Waals surface area contributed by atoms with Crippen LogP contribution in [-0.4, -0.2) is 13.1 Å². The maximum Gasteiger partial charge on any atom is 0.105 e. The van der Waals surface area contributed by atoms with Gasteiger partial charge in [0, 0.05) is 13.0 Å². The summed E-state index contributed by atoms with van der Waals surface area (Å²) in [6.07, 6.45) is 7.74. The molecule has 2 nitrogen and oxygen atoms in total. The fourth-order valence-electron chi connectivity index (χ4n) is 2.81. The highest BCUT2D eigenvalue weighted by atomic mass is 16.3. The van der Waals surface area contributed by atoms with Gasteiger partial charge in [0.05, 0.1) is 6.26 Å². The van der Waals surface area contributed by atoms with E-state index in [1.807, 2.05) is 12.1 Å². The van der Waals surface area contributed by atoms with E-state index in [9.17, 15) is 0 Å². The van der Waals surface area contributed by atoms with Crippen molar-refractivity contribution in [3.8, 4) is 0 Å². The van der Waals surface area contributed by atoms with E-state index in [2.05, 4.69) is 25.2 Å². The van der Waals surface area contributed by atoms with Crippen molar-refractivity contribution in [1.82, 2.24) is 5.32 Å². The van der Waals surface area contributed by atoms with E-state index < -0.39 is 0 Å². The Morgan fingerprint density at radius 1 is 1.47 bits per heavy atom. The maximum absolute atomic E-state index is 5.31. The Hall–Kier alpha value is -1.02. The molecule has 1 aliphatic carbocycles. The number of allylic oxidation sites excluding steroid dienone is 2. The standard InChI is InChI=1S/C15H23NO/c1-12-8-13(2)10-14(9-12)11-16-6-5-15-4-3-7-17-15/h3-4,7-8,12,14,16H,5-6,9-11H2,1-2H3. The van der Waals surface area contributed by atoms with Crippen molar-refractivity contribution in [3.63, 3.8) is 0 Å². The van der Waals surface area contributed by atoms with E-state index in [-0.39, 0.29) is 0 Å². The van der Waals surface area contributed by atoms with Crippen molar-refractivity contribution < 1.29 is 4.42 Å². The Bertz CT molecular complexity index is 353. The Kier molecular flexibility index (Phi) is 4.43. The van der Waals surface area contributed by atoms with Crippen molar-refractivity contribution in [1.29, 1.82) is 0 Å². The molecule has 1 aromatic rings. The molecule has 1 aromatic heterocycles. The highest BCUT2D eigenvalue weighted by Crippen LogP contribution is 2.27. The number of hydrogen-bond donors (Lipinski definition) is 1. The lowest BCUT2D eigenvalue weighted by Crippen LogP contribution is -2.27. The first-order chi connectivity index (χ1) is 8.24. The molecule has 0 bridgehead atoms. The molecule has 2 unspecified atom stereocenters. The molecular formula is C15H23NO. The third-order valence-corrected chi connectivity index (χ3v) is 3.45. The molecule has 1 heterocycles. The third kappa shape index (κ3) is 4.04. The van der Waals surface area contributed by atoms with Gasteiger partial charge in [0.25, 0.3) is 0 Å². The van der Waals surface area contributed by atoms with Crippen LogP contribution in [0, 0.1) is 11.8 Å². The van der Waals surface area contributed by atoms with Gasteiger partial charge < -0.3 is 9.73 Å². The number of rotatable bonds is 5. The molecule has 0 aromatic carbocycles. The molecule has 1 N–H and O–H groups in total. The summed E-state index contributed by atoms with van der Waals surface area (Å²) < 4.78 is 5.31. The van der Waals surface area contributed by atoms with Gasteiger partial charge in [-0.3, -0.25) is 0 Å². The van der Waals surface area contributed by atoms with Gasteiger partial charge in [-0.2, -0.15) is 0 Å². The van der Waals surface area contributed by atoms with Gasteiger partial charge in [-0.05, 0) is 50.3 Å². The van der Waals surface area contributed by atoms with Crippen molar-refractivity contribution in [2.24, 2.45) is 11.8 Å². The van der Waals surface area contributed by atoms with Crippen LogP contribution in [0.2, 0.25) is 0 Å². The lowest BCUT2D eigenvalue weighted by molar-refractivity contribution is 0.380. The van der Waals surface area contributed by atoms with E-state index in [1.54, 1.807) is 11.8 Å². The zero-order valence-corrected chi connectivity index (χ0v) is 10.9. The molecule has 94 valence electrons. The molecule has 1 aliphatic rings. The van der Waals surface area contributed by atoms with Crippen LogP contribution in [0.1, 0.15) is 32.4 Å². The molecule has 0 saturated heterocycles. The zero-order valence-electron chi connectivity index (χ0n) is 10.9. The Morgan fingerprint density at radius 3 is 3.06 bits per heavy atom. The predicted octanol–water partition coefficient (Wildman–Crippen LogP) is 3.40. The quantitative estimate of drug-likeness (QED) is 0.623. The number of nitrogens with one attached hydrogen (secondary N) is 1. The summed E-state index contributed by atoms with van der Waals surface area (Å²) in [5.74, 6) is 2.64. The first kappa shape index (κ1) is 12.4. The lowest BCUT2D eigenvalue weighted by atomic mass is 9.84. The molecule has 2 heteroatoms. The molecule has 0 spiro atoms. The average molecular weight is 233 g/mol. The summed E-state index contributed by atoms with van der Waals surface area (Å²) in [5.41, 5.74) is 1.56. The molecule has 2 atom stereocenters. The van der Waals surface area contributed by atoms with Gasteiger partial charge in [0.2, 0.25) is 0 Å². The predicted molar refractivity (Wildman–Crippen MR) is 70.9 cm³/mol. The Morgan fingerprint density at radius 2 is 2.35 bits per heavy atom. The summed E-state index contributed by atoms with van der Waals surface area (Å²) in [6, 6.07) is 3.99. The van der Waals surface area contributed by atoms with Crippen molar-refractivity contribution in [2.75, 3.05) is 13.1 Å². The molecule has 0 fully saturated rings. The second-order valence-corrected chi connectivity index (χ2v) is 5.33. The highest BCUT2D eigenvalue weighted by molar-refractivity contribution is 5.06. The van der Waals surface area contributed by atoms with Crippen LogP contribution >= 0.6 is 0 Å². The second-order valence-electron chi connectivity index (χ2n) is 5.33.